The van der Waals surface area contributed by atoms with Gasteiger partial charge in [-0.15, -0.1) is 17.9 Å². The zero-order valence-electron chi connectivity index (χ0n) is 18.4. The minimum absolute atomic E-state index is 0.0179. The molecule has 0 aliphatic carbocycles. The minimum Gasteiger partial charge on any atom is -0.497 e. The van der Waals surface area contributed by atoms with Gasteiger partial charge in [-0.2, -0.15) is 5.26 Å². The van der Waals surface area contributed by atoms with Crippen molar-refractivity contribution in [1.29, 1.82) is 5.26 Å². The van der Waals surface area contributed by atoms with E-state index in [0.717, 1.165) is 16.9 Å². The van der Waals surface area contributed by atoms with E-state index in [1.165, 1.54) is 37.0 Å². The average molecular weight is 483 g/mol. The number of methoxy groups -OCH3 is 2. The van der Waals surface area contributed by atoms with Gasteiger partial charge in [-0.3, -0.25) is 9.36 Å². The molecule has 0 aliphatic rings. The molecule has 0 saturated carbocycles. The van der Waals surface area contributed by atoms with Crippen molar-refractivity contribution >= 4 is 32.2 Å². The number of allylic oxidation sites excluding steroid dienone is 1. The molecular formula is C24H22N2O5S2. The monoisotopic (exact) mass is 482 g/mol. The van der Waals surface area contributed by atoms with Crippen LogP contribution in [0.15, 0.2) is 64.8 Å². The fourth-order valence-electron chi connectivity index (χ4n) is 3.13. The molecule has 1 heterocycles. The number of sulfone groups is 1. The summed E-state index contributed by atoms with van der Waals surface area (Å²) in [6, 6.07) is 13.1. The maximum Gasteiger partial charge on any atom is 0.269 e. The standard InChI is InChI=1S/C24H22N2O5S2/c1-5-12-26-23(27)21(14-17-13-18(30-3)8-11-20(17)31-4)32-24(26)22(15-25)33(28,29)19-9-6-16(2)7-10-19/h5-11,13-14H,1,12H2,2-4H3/b21-14-,24-22+. The molecule has 33 heavy (non-hydrogen) atoms. The largest absolute Gasteiger partial charge is 0.497 e. The van der Waals surface area contributed by atoms with Crippen LogP contribution in [0.25, 0.3) is 11.0 Å². The van der Waals surface area contributed by atoms with Gasteiger partial charge in [-0.1, -0.05) is 23.8 Å². The molecular weight excluding hydrogens is 460 g/mol. The highest BCUT2D eigenvalue weighted by atomic mass is 32.2. The van der Waals surface area contributed by atoms with Crippen LogP contribution in [-0.4, -0.2) is 27.2 Å². The van der Waals surface area contributed by atoms with Crippen LogP contribution in [0, 0.1) is 18.3 Å². The second kappa shape index (κ2) is 9.90. The summed E-state index contributed by atoms with van der Waals surface area (Å²) in [6.07, 6.45) is 3.06. The Morgan fingerprint density at radius 1 is 1.18 bits per heavy atom. The maximum atomic E-state index is 13.3. The van der Waals surface area contributed by atoms with Crippen LogP contribution in [0.3, 0.4) is 0 Å². The molecule has 2 aromatic carbocycles. The molecule has 0 aliphatic heterocycles. The van der Waals surface area contributed by atoms with E-state index in [0.29, 0.717) is 17.1 Å². The first-order valence-electron chi connectivity index (χ1n) is 9.77. The van der Waals surface area contributed by atoms with Gasteiger partial charge in [0.25, 0.3) is 5.56 Å². The Morgan fingerprint density at radius 3 is 2.45 bits per heavy atom. The molecule has 0 N–H and O–H groups in total. The lowest BCUT2D eigenvalue weighted by atomic mass is 10.2. The summed E-state index contributed by atoms with van der Waals surface area (Å²) in [7, 11) is -1.12. The predicted molar refractivity (Wildman–Crippen MR) is 129 cm³/mol. The Labute approximate surface area is 195 Å². The molecule has 0 fully saturated rings. The Morgan fingerprint density at radius 2 is 1.88 bits per heavy atom. The predicted octanol–water partition coefficient (Wildman–Crippen LogP) is 2.36. The van der Waals surface area contributed by atoms with Crippen LogP contribution in [0.1, 0.15) is 11.1 Å². The van der Waals surface area contributed by atoms with Crippen molar-refractivity contribution in [2.75, 3.05) is 14.2 Å². The third-order valence-corrected chi connectivity index (χ3v) is 7.81. The van der Waals surface area contributed by atoms with E-state index < -0.39 is 20.3 Å². The number of aromatic nitrogens is 1. The van der Waals surface area contributed by atoms with Crippen LogP contribution >= 0.6 is 11.3 Å². The van der Waals surface area contributed by atoms with Crippen molar-refractivity contribution in [3.05, 3.63) is 85.8 Å². The first kappa shape index (κ1) is 24.0. The summed E-state index contributed by atoms with van der Waals surface area (Å²) >= 11 is 0.923. The molecule has 0 bridgehead atoms. The summed E-state index contributed by atoms with van der Waals surface area (Å²) in [4.78, 5) is 12.7. The Hall–Kier alpha value is -3.61. The van der Waals surface area contributed by atoms with E-state index in [2.05, 4.69) is 6.58 Å². The number of thiazole rings is 1. The first-order valence-corrected chi connectivity index (χ1v) is 12.1. The number of benzene rings is 2. The number of nitrogens with zero attached hydrogens (tertiary/aromatic N) is 2. The zero-order chi connectivity index (χ0) is 24.2. The van der Waals surface area contributed by atoms with Gasteiger partial charge >= 0.3 is 0 Å². The molecule has 9 heteroatoms. The van der Waals surface area contributed by atoms with Crippen molar-refractivity contribution in [2.45, 2.75) is 18.4 Å². The number of nitriles is 1. The van der Waals surface area contributed by atoms with E-state index in [1.54, 1.807) is 42.5 Å². The fourth-order valence-corrected chi connectivity index (χ4v) is 5.78. The van der Waals surface area contributed by atoms with Gasteiger partial charge in [0.2, 0.25) is 9.84 Å². The number of aryl methyl sites for hydroxylation is 1. The molecule has 170 valence electrons. The van der Waals surface area contributed by atoms with E-state index >= 15 is 0 Å². The number of hydrogen-bond acceptors (Lipinski definition) is 7. The first-order chi connectivity index (χ1) is 15.8. The fraction of sp³-hybridized carbons (Fsp3) is 0.167. The summed E-state index contributed by atoms with van der Waals surface area (Å²) in [6.45, 7) is 5.53. The lowest BCUT2D eigenvalue weighted by Crippen LogP contribution is -2.32. The van der Waals surface area contributed by atoms with E-state index in [9.17, 15) is 18.5 Å². The lowest BCUT2D eigenvalue weighted by Gasteiger charge is -2.06. The smallest absolute Gasteiger partial charge is 0.269 e. The van der Waals surface area contributed by atoms with Crippen LogP contribution in [0.2, 0.25) is 0 Å². The third-order valence-electron chi connectivity index (χ3n) is 4.84. The van der Waals surface area contributed by atoms with Crippen molar-refractivity contribution in [2.24, 2.45) is 0 Å². The average Bonchev–Trinajstić information content (AvgIpc) is 3.09. The summed E-state index contributed by atoms with van der Waals surface area (Å²) < 4.78 is 38.6. The van der Waals surface area contributed by atoms with Gasteiger partial charge in [0.15, 0.2) is 4.91 Å². The summed E-state index contributed by atoms with van der Waals surface area (Å²) in [5.41, 5.74) is 1.02. The van der Waals surface area contributed by atoms with Crippen LogP contribution in [-0.2, 0) is 16.4 Å². The van der Waals surface area contributed by atoms with Crippen LogP contribution in [0.4, 0.5) is 0 Å². The van der Waals surface area contributed by atoms with Gasteiger partial charge < -0.3 is 9.47 Å². The molecule has 0 atom stereocenters. The molecule has 1 aromatic heterocycles. The molecule has 0 unspecified atom stereocenters. The van der Waals surface area contributed by atoms with Crippen molar-refractivity contribution in [1.82, 2.24) is 4.57 Å². The Bertz CT molecular complexity index is 1520. The van der Waals surface area contributed by atoms with Gasteiger partial charge in [-0.05, 0) is 43.3 Å². The Kier molecular flexibility index (Phi) is 7.21. The SMILES string of the molecule is C=CCn1c(=O)/c(=C/c2cc(OC)ccc2OC)s/c1=C(\C#N)S(=O)(=O)c1ccc(C)cc1. The molecule has 0 saturated heterocycles. The van der Waals surface area contributed by atoms with Crippen molar-refractivity contribution in [3.8, 4) is 17.6 Å². The number of hydrogen-bond donors (Lipinski definition) is 0. The minimum atomic E-state index is -4.15. The topological polar surface area (TPSA) is 98.4 Å². The normalized spacial score (nSPS) is 12.7. The molecule has 3 rings (SSSR count). The molecule has 0 spiro atoms. The number of rotatable bonds is 7. The van der Waals surface area contributed by atoms with Gasteiger partial charge in [0.05, 0.1) is 23.6 Å². The van der Waals surface area contributed by atoms with Gasteiger partial charge in [0, 0.05) is 12.1 Å². The van der Waals surface area contributed by atoms with Crippen molar-refractivity contribution < 1.29 is 17.9 Å². The third kappa shape index (κ3) is 4.77. The number of ether oxygens (including phenoxy) is 2. The molecule has 7 nitrogen and oxygen atoms in total. The second-order valence-electron chi connectivity index (χ2n) is 6.99. The molecule has 0 radical (unpaired) electrons. The quantitative estimate of drug-likeness (QED) is 0.480. The molecule has 0 amide bonds. The maximum absolute atomic E-state index is 13.3. The van der Waals surface area contributed by atoms with Crippen LogP contribution < -0.4 is 24.2 Å². The van der Waals surface area contributed by atoms with Crippen molar-refractivity contribution in [3.63, 3.8) is 0 Å². The molecule has 3 aromatic rings. The summed E-state index contributed by atoms with van der Waals surface area (Å²) in [5.74, 6) is 1.08. The van der Waals surface area contributed by atoms with Crippen LogP contribution in [0.5, 0.6) is 11.5 Å². The Balaban J connectivity index is 2.38. The zero-order valence-corrected chi connectivity index (χ0v) is 20.0. The second-order valence-corrected chi connectivity index (χ2v) is 9.90. The highest BCUT2D eigenvalue weighted by Crippen LogP contribution is 2.24. The van der Waals surface area contributed by atoms with Gasteiger partial charge in [-0.25, -0.2) is 8.42 Å². The van der Waals surface area contributed by atoms with E-state index in [4.69, 9.17) is 9.47 Å². The summed E-state index contributed by atoms with van der Waals surface area (Å²) in [5, 5.41) is 9.82. The highest BCUT2D eigenvalue weighted by Gasteiger charge is 2.24. The lowest BCUT2D eigenvalue weighted by molar-refractivity contribution is 0.402. The van der Waals surface area contributed by atoms with Gasteiger partial charge in [0.1, 0.15) is 22.2 Å². The van der Waals surface area contributed by atoms with E-state index in [1.807, 2.05) is 6.92 Å². The van der Waals surface area contributed by atoms with E-state index in [-0.39, 0.29) is 20.6 Å². The highest BCUT2D eigenvalue weighted by molar-refractivity contribution is 8.00.